The fraction of sp³-hybridized carbons (Fsp3) is 0.929. The van der Waals surface area contributed by atoms with Gasteiger partial charge in [0.1, 0.15) is 5.54 Å². The Morgan fingerprint density at radius 3 is 2.14 bits per heavy atom. The van der Waals surface area contributed by atoms with E-state index < -0.39 is 17.6 Å². The van der Waals surface area contributed by atoms with Gasteiger partial charge in [-0.25, -0.2) is 4.79 Å². The van der Waals surface area contributed by atoms with Crippen LogP contribution in [0.1, 0.15) is 25.7 Å². The van der Waals surface area contributed by atoms with Crippen molar-refractivity contribution >= 4 is 5.97 Å². The van der Waals surface area contributed by atoms with E-state index in [1.807, 2.05) is 4.90 Å². The van der Waals surface area contributed by atoms with Gasteiger partial charge in [-0.2, -0.15) is 13.2 Å². The SMILES string of the molecule is CNC(CN1CCC(C(F)(F)F)CC1)(C(=O)OC)C1CC1. The number of piperidine rings is 1. The van der Waals surface area contributed by atoms with E-state index >= 15 is 0 Å². The summed E-state index contributed by atoms with van der Waals surface area (Å²) in [5, 5.41) is 3.08. The van der Waals surface area contributed by atoms with Gasteiger partial charge in [0.25, 0.3) is 0 Å². The van der Waals surface area contributed by atoms with Crippen LogP contribution in [0.3, 0.4) is 0 Å². The van der Waals surface area contributed by atoms with Gasteiger partial charge in [0.2, 0.25) is 0 Å². The lowest BCUT2D eigenvalue weighted by Gasteiger charge is -2.39. The number of nitrogens with zero attached hydrogens (tertiary/aromatic N) is 1. The van der Waals surface area contributed by atoms with Crippen LogP contribution in [0.2, 0.25) is 0 Å². The lowest BCUT2D eigenvalue weighted by molar-refractivity contribution is -0.186. The Morgan fingerprint density at radius 2 is 1.76 bits per heavy atom. The fourth-order valence-corrected chi connectivity index (χ4v) is 3.27. The highest BCUT2D eigenvalue weighted by Crippen LogP contribution is 2.42. The molecule has 1 aliphatic carbocycles. The average molecular weight is 308 g/mol. The third kappa shape index (κ3) is 3.51. The number of halogens is 3. The Bertz CT molecular complexity index is 377. The molecule has 2 rings (SSSR count). The van der Waals surface area contributed by atoms with Crippen LogP contribution in [0, 0.1) is 11.8 Å². The van der Waals surface area contributed by atoms with Crippen LogP contribution in [0.5, 0.6) is 0 Å². The normalized spacial score (nSPS) is 24.6. The van der Waals surface area contributed by atoms with Crippen LogP contribution in [0.15, 0.2) is 0 Å². The molecule has 1 unspecified atom stereocenters. The Kier molecular flexibility index (Phi) is 4.82. The van der Waals surface area contributed by atoms with Gasteiger partial charge >= 0.3 is 12.1 Å². The molecule has 0 radical (unpaired) electrons. The summed E-state index contributed by atoms with van der Waals surface area (Å²) in [6, 6.07) is 0. The number of likely N-dealkylation sites (tertiary alicyclic amines) is 1. The quantitative estimate of drug-likeness (QED) is 0.787. The van der Waals surface area contributed by atoms with Crippen LogP contribution in [0.25, 0.3) is 0 Å². The van der Waals surface area contributed by atoms with Gasteiger partial charge in [0.05, 0.1) is 13.0 Å². The lowest BCUT2D eigenvalue weighted by Crippen LogP contribution is -2.61. The van der Waals surface area contributed by atoms with Gasteiger partial charge in [-0.05, 0) is 51.7 Å². The Morgan fingerprint density at radius 1 is 1.19 bits per heavy atom. The predicted molar refractivity (Wildman–Crippen MR) is 71.7 cm³/mol. The van der Waals surface area contributed by atoms with E-state index in [4.69, 9.17) is 4.74 Å². The average Bonchev–Trinajstić information content (AvgIpc) is 3.28. The summed E-state index contributed by atoms with van der Waals surface area (Å²) in [5.41, 5.74) is -0.778. The first kappa shape index (κ1) is 16.5. The summed E-state index contributed by atoms with van der Waals surface area (Å²) < 4.78 is 43.0. The number of rotatable bonds is 5. The van der Waals surface area contributed by atoms with E-state index in [0.29, 0.717) is 19.6 Å². The molecule has 1 aliphatic heterocycles. The number of carbonyl (C=O) groups is 1. The number of esters is 1. The van der Waals surface area contributed by atoms with Crippen molar-refractivity contribution in [3.8, 4) is 0 Å². The minimum Gasteiger partial charge on any atom is -0.468 e. The van der Waals surface area contributed by atoms with Crippen LogP contribution >= 0.6 is 0 Å². The summed E-state index contributed by atoms with van der Waals surface area (Å²) in [5.74, 6) is -1.31. The number of carbonyl (C=O) groups excluding carboxylic acids is 1. The molecule has 1 atom stereocenters. The number of nitrogens with one attached hydrogen (secondary N) is 1. The highest BCUT2D eigenvalue weighted by Gasteiger charge is 2.52. The molecular weight excluding hydrogens is 285 g/mol. The number of alkyl halides is 3. The Hall–Kier alpha value is -0.820. The molecule has 21 heavy (non-hydrogen) atoms. The summed E-state index contributed by atoms with van der Waals surface area (Å²) in [4.78, 5) is 14.1. The number of methoxy groups -OCH3 is 1. The Labute approximate surface area is 123 Å². The zero-order chi connectivity index (χ0) is 15.7. The smallest absolute Gasteiger partial charge is 0.391 e. The van der Waals surface area contributed by atoms with E-state index in [-0.39, 0.29) is 24.7 Å². The van der Waals surface area contributed by atoms with Crippen molar-refractivity contribution in [3.63, 3.8) is 0 Å². The molecule has 0 spiro atoms. The molecule has 4 nitrogen and oxygen atoms in total. The van der Waals surface area contributed by atoms with Crippen molar-refractivity contribution in [2.24, 2.45) is 11.8 Å². The second-order valence-corrected chi connectivity index (χ2v) is 6.08. The second-order valence-electron chi connectivity index (χ2n) is 6.08. The molecular formula is C14H23F3N2O2. The lowest BCUT2D eigenvalue weighted by atomic mass is 9.90. The van der Waals surface area contributed by atoms with Crippen LogP contribution in [-0.4, -0.2) is 56.4 Å². The first-order chi connectivity index (χ1) is 9.83. The van der Waals surface area contributed by atoms with Crippen LogP contribution in [0.4, 0.5) is 13.2 Å². The Balaban J connectivity index is 1.98. The molecule has 0 amide bonds. The van der Waals surface area contributed by atoms with Crippen molar-refractivity contribution in [2.45, 2.75) is 37.4 Å². The van der Waals surface area contributed by atoms with Crippen molar-refractivity contribution in [1.82, 2.24) is 10.2 Å². The number of hydrogen-bond donors (Lipinski definition) is 1. The van der Waals surface area contributed by atoms with Crippen molar-refractivity contribution < 1.29 is 22.7 Å². The third-order valence-corrected chi connectivity index (χ3v) is 4.79. The summed E-state index contributed by atoms with van der Waals surface area (Å²) >= 11 is 0. The molecule has 0 aromatic rings. The molecule has 2 fully saturated rings. The second kappa shape index (κ2) is 6.12. The van der Waals surface area contributed by atoms with Crippen molar-refractivity contribution in [1.29, 1.82) is 0 Å². The summed E-state index contributed by atoms with van der Waals surface area (Å²) in [6.07, 6.45) is -1.99. The van der Waals surface area contributed by atoms with Gasteiger partial charge < -0.3 is 15.0 Å². The van der Waals surface area contributed by atoms with Crippen LogP contribution in [-0.2, 0) is 9.53 Å². The van der Waals surface area contributed by atoms with Gasteiger partial charge in [-0.3, -0.25) is 0 Å². The highest BCUT2D eigenvalue weighted by molar-refractivity contribution is 5.82. The van der Waals surface area contributed by atoms with Crippen molar-refractivity contribution in [2.75, 3.05) is 33.8 Å². The van der Waals surface area contributed by atoms with Crippen molar-refractivity contribution in [3.05, 3.63) is 0 Å². The van der Waals surface area contributed by atoms with Gasteiger partial charge in [-0.1, -0.05) is 0 Å². The van der Waals surface area contributed by atoms with E-state index in [1.165, 1.54) is 7.11 Å². The maximum atomic E-state index is 12.7. The maximum absolute atomic E-state index is 12.7. The molecule has 1 heterocycles. The third-order valence-electron chi connectivity index (χ3n) is 4.79. The first-order valence-electron chi connectivity index (χ1n) is 7.40. The molecule has 0 aromatic heterocycles. The predicted octanol–water partition coefficient (Wildman–Crippen LogP) is 1.80. The monoisotopic (exact) mass is 308 g/mol. The maximum Gasteiger partial charge on any atom is 0.391 e. The summed E-state index contributed by atoms with van der Waals surface area (Å²) in [6.45, 7) is 1.17. The van der Waals surface area contributed by atoms with E-state index in [9.17, 15) is 18.0 Å². The van der Waals surface area contributed by atoms with Crippen LogP contribution < -0.4 is 5.32 Å². The number of ether oxygens (including phenoxy) is 1. The molecule has 1 N–H and O–H groups in total. The van der Waals surface area contributed by atoms with E-state index in [0.717, 1.165) is 12.8 Å². The topological polar surface area (TPSA) is 41.6 Å². The molecule has 0 aromatic carbocycles. The van der Waals surface area contributed by atoms with Gasteiger partial charge in [0, 0.05) is 6.54 Å². The minimum atomic E-state index is -4.11. The van der Waals surface area contributed by atoms with Gasteiger partial charge in [0.15, 0.2) is 0 Å². The minimum absolute atomic E-state index is 0.106. The van der Waals surface area contributed by atoms with E-state index in [2.05, 4.69) is 5.32 Å². The molecule has 7 heteroatoms. The molecule has 122 valence electrons. The first-order valence-corrected chi connectivity index (χ1v) is 7.40. The zero-order valence-electron chi connectivity index (χ0n) is 12.5. The number of hydrogen-bond acceptors (Lipinski definition) is 4. The molecule has 2 aliphatic rings. The van der Waals surface area contributed by atoms with Gasteiger partial charge in [-0.15, -0.1) is 0 Å². The number of likely N-dealkylation sites (N-methyl/N-ethyl adjacent to an activating group) is 1. The highest BCUT2D eigenvalue weighted by atomic mass is 19.4. The standard InChI is InChI=1S/C14H23F3N2O2/c1-18-13(10-3-4-10,12(20)21-2)9-19-7-5-11(6-8-19)14(15,16)17/h10-11,18H,3-9H2,1-2H3. The fourth-order valence-electron chi connectivity index (χ4n) is 3.27. The molecule has 0 bridgehead atoms. The summed E-state index contributed by atoms with van der Waals surface area (Å²) in [7, 11) is 3.07. The largest absolute Gasteiger partial charge is 0.468 e. The molecule has 1 saturated heterocycles. The van der Waals surface area contributed by atoms with E-state index in [1.54, 1.807) is 7.05 Å². The zero-order valence-corrected chi connectivity index (χ0v) is 12.5. The molecule has 1 saturated carbocycles.